The van der Waals surface area contributed by atoms with Crippen LogP contribution in [-0.4, -0.2) is 47.0 Å². The van der Waals surface area contributed by atoms with Crippen molar-refractivity contribution in [1.82, 2.24) is 4.98 Å². The summed E-state index contributed by atoms with van der Waals surface area (Å²) in [5, 5.41) is 21.1. The molecule has 0 saturated carbocycles. The van der Waals surface area contributed by atoms with Crippen molar-refractivity contribution in [2.24, 2.45) is 0 Å². The first kappa shape index (κ1) is 22.7. The monoisotopic (exact) mass is 410 g/mol. The lowest BCUT2D eigenvalue weighted by Gasteiger charge is -2.13. The topological polar surface area (TPSA) is 101 Å². The molecule has 2 heterocycles. The molecule has 7 nitrogen and oxygen atoms in total. The quantitative estimate of drug-likeness (QED) is 0.701. The number of aromatic nitrogens is 1. The summed E-state index contributed by atoms with van der Waals surface area (Å²) in [7, 11) is 1.29. The van der Waals surface area contributed by atoms with E-state index in [0.29, 0.717) is 17.8 Å². The van der Waals surface area contributed by atoms with Crippen LogP contribution in [0, 0.1) is 11.6 Å². The standard InChI is InChI=1S/C13H18N2O4.C7H6F2O/c1-8-2-3-12(19-8)13(18)15-9-4-5-14-10(6-9)11(17)7-16;1-10-6-4-2-3-5(8)7(6)9/h4-6,8,11-12,16-17H,2-3,7H2,1H3,(H,14,15,18);2-4H,1H3. The van der Waals surface area contributed by atoms with Gasteiger partial charge in [-0.25, -0.2) is 4.39 Å². The highest BCUT2D eigenvalue weighted by Crippen LogP contribution is 2.21. The summed E-state index contributed by atoms with van der Waals surface area (Å²) in [5.74, 6) is -2.09. The Labute approximate surface area is 167 Å². The van der Waals surface area contributed by atoms with Crippen molar-refractivity contribution in [2.75, 3.05) is 19.0 Å². The Morgan fingerprint density at radius 1 is 1.38 bits per heavy atom. The van der Waals surface area contributed by atoms with E-state index in [9.17, 15) is 18.7 Å². The number of nitrogens with one attached hydrogen (secondary N) is 1. The smallest absolute Gasteiger partial charge is 0.253 e. The van der Waals surface area contributed by atoms with Crippen molar-refractivity contribution in [1.29, 1.82) is 0 Å². The second kappa shape index (κ2) is 10.8. The number of carbonyl (C=O) groups is 1. The van der Waals surface area contributed by atoms with Gasteiger partial charge in [-0.2, -0.15) is 4.39 Å². The lowest BCUT2D eigenvalue weighted by molar-refractivity contribution is -0.126. The van der Waals surface area contributed by atoms with E-state index >= 15 is 0 Å². The third-order valence-corrected chi connectivity index (χ3v) is 4.22. The molecule has 0 bridgehead atoms. The molecule has 1 fully saturated rings. The van der Waals surface area contributed by atoms with Gasteiger partial charge in [0, 0.05) is 11.9 Å². The number of rotatable bonds is 5. The van der Waals surface area contributed by atoms with E-state index in [1.807, 2.05) is 6.92 Å². The minimum Gasteiger partial charge on any atom is -0.494 e. The molecule has 0 spiro atoms. The van der Waals surface area contributed by atoms with E-state index in [4.69, 9.17) is 9.84 Å². The first-order valence-corrected chi connectivity index (χ1v) is 9.04. The molecule has 1 saturated heterocycles. The van der Waals surface area contributed by atoms with Crippen molar-refractivity contribution in [2.45, 2.75) is 38.1 Å². The van der Waals surface area contributed by atoms with Crippen molar-refractivity contribution in [3.63, 3.8) is 0 Å². The summed E-state index contributed by atoms with van der Waals surface area (Å²) in [5.41, 5.74) is 0.853. The maximum absolute atomic E-state index is 12.5. The second-order valence-electron chi connectivity index (χ2n) is 6.43. The lowest BCUT2D eigenvalue weighted by atomic mass is 10.2. The number of nitrogens with zero attached hydrogens (tertiary/aromatic N) is 1. The first-order chi connectivity index (χ1) is 13.8. The zero-order valence-electron chi connectivity index (χ0n) is 16.1. The predicted molar refractivity (Wildman–Crippen MR) is 101 cm³/mol. The number of halogens is 2. The van der Waals surface area contributed by atoms with Crippen LogP contribution >= 0.6 is 0 Å². The van der Waals surface area contributed by atoms with Crippen LogP contribution in [0.15, 0.2) is 36.5 Å². The lowest BCUT2D eigenvalue weighted by Crippen LogP contribution is -2.27. The van der Waals surface area contributed by atoms with Crippen molar-refractivity contribution in [3.8, 4) is 5.75 Å². The van der Waals surface area contributed by atoms with Crippen LogP contribution in [0.4, 0.5) is 14.5 Å². The maximum Gasteiger partial charge on any atom is 0.253 e. The highest BCUT2D eigenvalue weighted by molar-refractivity contribution is 5.94. The van der Waals surface area contributed by atoms with Gasteiger partial charge in [0.25, 0.3) is 5.91 Å². The molecule has 1 aliphatic rings. The molecule has 3 atom stereocenters. The third kappa shape index (κ3) is 6.45. The minimum absolute atomic E-state index is 0.0694. The van der Waals surface area contributed by atoms with Crippen molar-refractivity contribution in [3.05, 3.63) is 53.9 Å². The van der Waals surface area contributed by atoms with Gasteiger partial charge in [0.2, 0.25) is 5.82 Å². The molecule has 1 aliphatic heterocycles. The summed E-state index contributed by atoms with van der Waals surface area (Å²) in [6.45, 7) is 1.53. The number of pyridine rings is 1. The van der Waals surface area contributed by atoms with E-state index in [0.717, 1.165) is 12.5 Å². The normalized spacial score (nSPS) is 19.1. The number of ether oxygens (including phenoxy) is 2. The SMILES string of the molecule is CC1CCC(C(=O)Nc2ccnc(C(O)CO)c2)O1.COc1cccc(F)c1F. The summed E-state index contributed by atoms with van der Waals surface area (Å²) >= 11 is 0. The fourth-order valence-electron chi connectivity index (χ4n) is 2.66. The molecule has 0 aliphatic carbocycles. The Hall–Kier alpha value is -2.62. The molecule has 1 aromatic heterocycles. The van der Waals surface area contributed by atoms with E-state index < -0.39 is 30.4 Å². The zero-order chi connectivity index (χ0) is 21.4. The average molecular weight is 410 g/mol. The summed E-state index contributed by atoms with van der Waals surface area (Å²) in [6.07, 6.45) is 1.71. The largest absolute Gasteiger partial charge is 0.494 e. The Morgan fingerprint density at radius 2 is 2.14 bits per heavy atom. The number of carbonyl (C=O) groups excluding carboxylic acids is 1. The molecule has 1 amide bonds. The van der Waals surface area contributed by atoms with Crippen LogP contribution < -0.4 is 10.1 Å². The number of aliphatic hydroxyl groups is 2. The van der Waals surface area contributed by atoms with Crippen LogP contribution in [0.25, 0.3) is 0 Å². The van der Waals surface area contributed by atoms with Crippen LogP contribution in [-0.2, 0) is 9.53 Å². The van der Waals surface area contributed by atoms with Crippen LogP contribution in [0.1, 0.15) is 31.6 Å². The minimum atomic E-state index is -1.04. The maximum atomic E-state index is 12.5. The number of anilines is 1. The second-order valence-corrected chi connectivity index (χ2v) is 6.43. The summed E-state index contributed by atoms with van der Waals surface area (Å²) in [6, 6.07) is 6.95. The number of methoxy groups -OCH3 is 1. The molecule has 29 heavy (non-hydrogen) atoms. The van der Waals surface area contributed by atoms with Gasteiger partial charge >= 0.3 is 0 Å². The van der Waals surface area contributed by atoms with E-state index in [2.05, 4.69) is 15.0 Å². The Kier molecular flexibility index (Phi) is 8.44. The van der Waals surface area contributed by atoms with Crippen LogP contribution in [0.3, 0.4) is 0 Å². The van der Waals surface area contributed by atoms with E-state index in [-0.39, 0.29) is 17.8 Å². The Balaban J connectivity index is 0.000000253. The van der Waals surface area contributed by atoms with Gasteiger partial charge in [-0.1, -0.05) is 6.07 Å². The van der Waals surface area contributed by atoms with E-state index in [1.165, 1.54) is 31.5 Å². The van der Waals surface area contributed by atoms with Gasteiger partial charge in [0.1, 0.15) is 12.2 Å². The summed E-state index contributed by atoms with van der Waals surface area (Å²) in [4.78, 5) is 15.9. The molecule has 3 unspecified atom stereocenters. The molecule has 3 N–H and O–H groups in total. The highest BCUT2D eigenvalue weighted by Gasteiger charge is 2.28. The fraction of sp³-hybridized carbons (Fsp3) is 0.400. The average Bonchev–Trinajstić information content (AvgIpc) is 3.16. The van der Waals surface area contributed by atoms with Gasteiger partial charge in [-0.05, 0) is 44.0 Å². The molecule has 3 rings (SSSR count). The Bertz CT molecular complexity index is 821. The number of benzene rings is 1. The van der Waals surface area contributed by atoms with Gasteiger partial charge in [-0.3, -0.25) is 9.78 Å². The predicted octanol–water partition coefficient (Wildman–Crippen LogP) is 2.59. The van der Waals surface area contributed by atoms with Crippen LogP contribution in [0.2, 0.25) is 0 Å². The highest BCUT2D eigenvalue weighted by atomic mass is 19.2. The molecule has 9 heteroatoms. The zero-order valence-corrected chi connectivity index (χ0v) is 16.1. The number of hydrogen-bond donors (Lipinski definition) is 3. The first-order valence-electron chi connectivity index (χ1n) is 9.04. The van der Waals surface area contributed by atoms with Crippen molar-refractivity contribution < 1.29 is 33.3 Å². The summed E-state index contributed by atoms with van der Waals surface area (Å²) < 4.78 is 34.8. The third-order valence-electron chi connectivity index (χ3n) is 4.22. The molecule has 1 aromatic carbocycles. The van der Waals surface area contributed by atoms with Gasteiger partial charge < -0.3 is 25.0 Å². The Morgan fingerprint density at radius 3 is 2.72 bits per heavy atom. The van der Waals surface area contributed by atoms with Crippen LogP contribution in [0.5, 0.6) is 5.75 Å². The van der Waals surface area contributed by atoms with Gasteiger partial charge in [-0.15, -0.1) is 0 Å². The number of aliphatic hydroxyl groups excluding tert-OH is 2. The molecule has 0 radical (unpaired) electrons. The molecule has 158 valence electrons. The van der Waals surface area contributed by atoms with E-state index in [1.54, 1.807) is 6.07 Å². The fourth-order valence-corrected chi connectivity index (χ4v) is 2.66. The molecule has 2 aromatic rings. The van der Waals surface area contributed by atoms with Gasteiger partial charge in [0.15, 0.2) is 11.6 Å². The molecular formula is C20H24F2N2O5. The van der Waals surface area contributed by atoms with Gasteiger partial charge in [0.05, 0.1) is 25.5 Å². The number of hydrogen-bond acceptors (Lipinski definition) is 6. The van der Waals surface area contributed by atoms with Crippen molar-refractivity contribution >= 4 is 11.6 Å². The molecular weight excluding hydrogens is 386 g/mol. The number of amides is 1.